The molecule has 0 rings (SSSR count). The van der Waals surface area contributed by atoms with Gasteiger partial charge in [-0.2, -0.15) is 12.6 Å². The number of Topliss-reactive ketones (excluding diaryl/α,β-unsaturated/α-hetero) is 2. The minimum absolute atomic E-state index is 0.221. The van der Waals surface area contributed by atoms with E-state index < -0.39 is 28.3 Å². The fourth-order valence-corrected chi connectivity index (χ4v) is 5.31. The van der Waals surface area contributed by atoms with Gasteiger partial charge in [0.05, 0.1) is 5.25 Å². The van der Waals surface area contributed by atoms with E-state index in [1.807, 2.05) is 26.0 Å². The van der Waals surface area contributed by atoms with E-state index in [1.54, 1.807) is 4.90 Å². The Hall–Kier alpha value is -2.44. The van der Waals surface area contributed by atoms with E-state index >= 15 is 0 Å². The lowest BCUT2D eigenvalue weighted by Crippen LogP contribution is -2.66. The monoisotopic (exact) mass is 613 g/mol. The second kappa shape index (κ2) is 21.3. The maximum atomic E-state index is 13.0. The molecule has 0 radical (unpaired) electrons. The van der Waals surface area contributed by atoms with E-state index in [1.165, 1.54) is 36.1 Å². The van der Waals surface area contributed by atoms with Crippen molar-refractivity contribution < 1.29 is 19.5 Å². The lowest BCUT2D eigenvalue weighted by atomic mass is 9.85. The van der Waals surface area contributed by atoms with Crippen LogP contribution >= 0.6 is 12.6 Å². The first kappa shape index (κ1) is 40.6. The molecule has 0 aliphatic heterocycles. The smallest absolute Gasteiger partial charge is 0.333 e. The molecule has 0 aliphatic rings. The quantitative estimate of drug-likeness (QED) is 0.0766. The molecule has 0 fully saturated rings. The number of hydrogen-bond acceptors (Lipinski definition) is 5. The molecule has 0 bridgehead atoms. The van der Waals surface area contributed by atoms with Crippen LogP contribution < -0.4 is 0 Å². The molecular weight excluding hydrogens is 554 g/mol. The van der Waals surface area contributed by atoms with E-state index in [-0.39, 0.29) is 13.1 Å². The Bertz CT molecular complexity index is 1040. The van der Waals surface area contributed by atoms with Gasteiger partial charge in [-0.1, -0.05) is 69.9 Å². The predicted octanol–water partition coefficient (Wildman–Crippen LogP) is 9.43. The van der Waals surface area contributed by atoms with Crippen molar-refractivity contribution in [1.82, 2.24) is 4.90 Å². The van der Waals surface area contributed by atoms with Crippen molar-refractivity contribution >= 4 is 30.2 Å². The van der Waals surface area contributed by atoms with E-state index in [2.05, 4.69) is 78.5 Å². The summed E-state index contributed by atoms with van der Waals surface area (Å²) < 4.78 is 0. The highest BCUT2D eigenvalue weighted by Crippen LogP contribution is 2.28. The number of carboxylic acids is 1. The van der Waals surface area contributed by atoms with Crippen LogP contribution in [0.3, 0.4) is 0 Å². The van der Waals surface area contributed by atoms with Gasteiger partial charge in [-0.05, 0) is 121 Å². The zero-order chi connectivity index (χ0) is 33.2. The Morgan fingerprint density at radius 3 is 1.21 bits per heavy atom. The molecular formula is C37H59NO4S. The molecule has 5 nitrogen and oxygen atoms in total. The van der Waals surface area contributed by atoms with Gasteiger partial charge < -0.3 is 5.11 Å². The van der Waals surface area contributed by atoms with Crippen LogP contribution in [-0.2, 0) is 14.4 Å². The van der Waals surface area contributed by atoms with Gasteiger partial charge in [0.15, 0.2) is 11.3 Å². The van der Waals surface area contributed by atoms with Gasteiger partial charge in [0, 0.05) is 13.1 Å². The van der Waals surface area contributed by atoms with Crippen LogP contribution in [0.25, 0.3) is 0 Å². The molecule has 0 aromatic heterocycles. The Labute approximate surface area is 268 Å². The molecule has 0 aliphatic carbocycles. The number of nitrogens with zero attached hydrogens (tertiary/aromatic N) is 1. The van der Waals surface area contributed by atoms with Gasteiger partial charge in [-0.3, -0.25) is 14.5 Å². The number of hydrogen-bond donors (Lipinski definition) is 2. The summed E-state index contributed by atoms with van der Waals surface area (Å²) in [5.41, 5.74) is 5.51. The highest BCUT2D eigenvalue weighted by Gasteiger charge is 2.55. The molecule has 0 spiro atoms. The van der Waals surface area contributed by atoms with Crippen molar-refractivity contribution in [3.63, 3.8) is 0 Å². The van der Waals surface area contributed by atoms with Crippen LogP contribution in [0.5, 0.6) is 0 Å². The van der Waals surface area contributed by atoms with Crippen LogP contribution in [0.2, 0.25) is 0 Å². The highest BCUT2D eigenvalue weighted by molar-refractivity contribution is 7.82. The van der Waals surface area contributed by atoms with E-state index in [0.717, 1.165) is 62.5 Å². The molecule has 6 heteroatoms. The van der Waals surface area contributed by atoms with Crippen LogP contribution in [0.1, 0.15) is 121 Å². The van der Waals surface area contributed by atoms with Gasteiger partial charge in [-0.25, -0.2) is 4.79 Å². The molecule has 0 aromatic carbocycles. The van der Waals surface area contributed by atoms with Crippen LogP contribution in [0.4, 0.5) is 0 Å². The zero-order valence-electron chi connectivity index (χ0n) is 28.7. The SMILES string of the molecule is CC(=O)C(S)[C@@](C(C)=O)(C(=O)O)N(CC=C(C)CCC=C(C)CCC=C(C)C)CC=C(C)CCC=C(C)CCC=C(C)C. The minimum Gasteiger partial charge on any atom is -0.479 e. The summed E-state index contributed by atoms with van der Waals surface area (Å²) in [4.78, 5) is 39.9. The van der Waals surface area contributed by atoms with E-state index in [0.29, 0.717) is 0 Å². The summed E-state index contributed by atoms with van der Waals surface area (Å²) in [6.07, 6.45) is 20.6. The third-order valence-electron chi connectivity index (χ3n) is 7.71. The number of carbonyl (C=O) groups excluding carboxylic acids is 2. The number of carboxylic acid groups (broad SMARTS) is 1. The summed E-state index contributed by atoms with van der Waals surface area (Å²) in [5.74, 6) is -2.40. The largest absolute Gasteiger partial charge is 0.479 e. The molecule has 0 heterocycles. The third kappa shape index (κ3) is 15.7. The van der Waals surface area contributed by atoms with Gasteiger partial charge in [0.1, 0.15) is 5.78 Å². The van der Waals surface area contributed by atoms with Crippen molar-refractivity contribution in [2.75, 3.05) is 13.1 Å². The first-order valence-corrected chi connectivity index (χ1v) is 16.1. The lowest BCUT2D eigenvalue weighted by Gasteiger charge is -2.40. The van der Waals surface area contributed by atoms with Gasteiger partial charge in [0.2, 0.25) is 0 Å². The number of allylic oxidation sites excluding steroid dienone is 10. The summed E-state index contributed by atoms with van der Waals surface area (Å²) in [5, 5.41) is 9.11. The van der Waals surface area contributed by atoms with Crippen molar-refractivity contribution in [2.45, 2.75) is 131 Å². The van der Waals surface area contributed by atoms with Gasteiger partial charge >= 0.3 is 5.97 Å². The summed E-state index contributed by atoms with van der Waals surface area (Å²) in [7, 11) is 0. The number of carbonyl (C=O) groups is 3. The van der Waals surface area contributed by atoms with E-state index in [4.69, 9.17) is 0 Å². The molecule has 0 amide bonds. The number of aliphatic carboxylic acids is 1. The first-order valence-electron chi connectivity index (χ1n) is 15.6. The summed E-state index contributed by atoms with van der Waals surface area (Å²) in [6.45, 7) is 19.8. The molecule has 0 saturated carbocycles. The molecule has 43 heavy (non-hydrogen) atoms. The Morgan fingerprint density at radius 2 is 0.930 bits per heavy atom. The lowest BCUT2D eigenvalue weighted by molar-refractivity contribution is -0.158. The van der Waals surface area contributed by atoms with Gasteiger partial charge in [-0.15, -0.1) is 0 Å². The third-order valence-corrected chi connectivity index (χ3v) is 8.45. The maximum Gasteiger partial charge on any atom is 0.333 e. The second-order valence-corrected chi connectivity index (χ2v) is 13.0. The van der Waals surface area contributed by atoms with Crippen molar-refractivity contribution in [3.05, 3.63) is 69.9 Å². The average molecular weight is 614 g/mol. The molecule has 2 atom stereocenters. The normalized spacial score (nSPS) is 15.2. The molecule has 0 saturated heterocycles. The van der Waals surface area contributed by atoms with Crippen molar-refractivity contribution in [1.29, 1.82) is 0 Å². The topological polar surface area (TPSA) is 74.7 Å². The molecule has 0 aromatic rings. The minimum atomic E-state index is -2.06. The van der Waals surface area contributed by atoms with Crippen LogP contribution in [-0.4, -0.2) is 51.4 Å². The van der Waals surface area contributed by atoms with Gasteiger partial charge in [0.25, 0.3) is 0 Å². The van der Waals surface area contributed by atoms with Crippen LogP contribution in [0, 0.1) is 0 Å². The fourth-order valence-electron chi connectivity index (χ4n) is 4.86. The highest BCUT2D eigenvalue weighted by atomic mass is 32.1. The summed E-state index contributed by atoms with van der Waals surface area (Å²) >= 11 is 4.39. The number of thiol groups is 1. The molecule has 1 unspecified atom stereocenters. The first-order chi connectivity index (χ1) is 20.0. The Kier molecular flexibility index (Phi) is 20.1. The molecule has 242 valence electrons. The maximum absolute atomic E-state index is 13.0. The van der Waals surface area contributed by atoms with Crippen LogP contribution in [0.15, 0.2) is 69.9 Å². The Morgan fingerprint density at radius 1 is 0.605 bits per heavy atom. The second-order valence-electron chi connectivity index (χ2n) is 12.5. The molecule has 1 N–H and O–H groups in total. The van der Waals surface area contributed by atoms with E-state index in [9.17, 15) is 19.5 Å². The summed E-state index contributed by atoms with van der Waals surface area (Å²) in [6, 6.07) is 0. The number of rotatable bonds is 21. The van der Waals surface area contributed by atoms with Crippen molar-refractivity contribution in [3.8, 4) is 0 Å². The predicted molar refractivity (Wildman–Crippen MR) is 187 cm³/mol. The number of ketones is 2. The zero-order valence-corrected chi connectivity index (χ0v) is 29.6. The Balaban J connectivity index is 5.88. The average Bonchev–Trinajstić information content (AvgIpc) is 2.89. The standard InChI is InChI=1S/C37H59NO4S/c1-27(2)15-11-17-29(5)19-13-21-31(7)23-25-38(37(34(10)40,36(41)42)35(43)33(9)39)26-24-32(8)22-14-20-30(6)18-12-16-28(3)4/h15-16,19-20,23-24,35,43H,11-14,17-18,21-22,25-26H2,1-10H3,(H,41,42)/t35?,37-/m0/s1. The fraction of sp³-hybridized carbons (Fsp3) is 0.595. The van der Waals surface area contributed by atoms with Crippen molar-refractivity contribution in [2.24, 2.45) is 0 Å².